The zero-order valence-electron chi connectivity index (χ0n) is 8.30. The smallest absolute Gasteiger partial charge is 0.0794 e. The highest BCUT2D eigenvalue weighted by molar-refractivity contribution is 7.07. The fourth-order valence-electron chi connectivity index (χ4n) is 1.59. The molecule has 1 nitrogen and oxygen atoms in total. The SMILES string of the molecule is CCCC(CCl)(CCl)Cc1cscn1. The van der Waals surface area contributed by atoms with Crippen molar-refractivity contribution < 1.29 is 0 Å². The van der Waals surface area contributed by atoms with Crippen LogP contribution in [-0.2, 0) is 6.42 Å². The molecule has 14 heavy (non-hydrogen) atoms. The van der Waals surface area contributed by atoms with Gasteiger partial charge in [0.25, 0.3) is 0 Å². The van der Waals surface area contributed by atoms with Crippen LogP contribution in [-0.4, -0.2) is 16.7 Å². The molecule has 0 radical (unpaired) electrons. The van der Waals surface area contributed by atoms with Crippen molar-refractivity contribution in [2.75, 3.05) is 11.8 Å². The van der Waals surface area contributed by atoms with E-state index in [4.69, 9.17) is 23.2 Å². The van der Waals surface area contributed by atoms with Gasteiger partial charge in [-0.15, -0.1) is 34.5 Å². The van der Waals surface area contributed by atoms with E-state index in [2.05, 4.69) is 17.3 Å². The summed E-state index contributed by atoms with van der Waals surface area (Å²) in [5, 5.41) is 2.07. The van der Waals surface area contributed by atoms with Gasteiger partial charge in [0, 0.05) is 22.6 Å². The van der Waals surface area contributed by atoms with E-state index in [0.29, 0.717) is 11.8 Å². The maximum absolute atomic E-state index is 6.01. The lowest BCUT2D eigenvalue weighted by molar-refractivity contribution is 0.338. The minimum Gasteiger partial charge on any atom is -0.250 e. The van der Waals surface area contributed by atoms with Gasteiger partial charge in [-0.1, -0.05) is 13.3 Å². The molecule has 1 rings (SSSR count). The molecule has 0 bridgehead atoms. The van der Waals surface area contributed by atoms with Crippen LogP contribution in [0.3, 0.4) is 0 Å². The van der Waals surface area contributed by atoms with Gasteiger partial charge in [0.2, 0.25) is 0 Å². The highest BCUT2D eigenvalue weighted by atomic mass is 35.5. The van der Waals surface area contributed by atoms with Crippen LogP contribution in [0.4, 0.5) is 0 Å². The number of halogens is 2. The molecule has 0 aromatic carbocycles. The first-order chi connectivity index (χ1) is 6.76. The Morgan fingerprint density at radius 3 is 2.57 bits per heavy atom. The molecular formula is C10H15Cl2NS. The summed E-state index contributed by atoms with van der Waals surface area (Å²) >= 11 is 13.6. The van der Waals surface area contributed by atoms with Crippen molar-refractivity contribution in [2.24, 2.45) is 5.41 Å². The third-order valence-corrected chi connectivity index (χ3v) is 4.16. The van der Waals surface area contributed by atoms with Crippen LogP contribution < -0.4 is 0 Å². The second-order valence-electron chi connectivity index (χ2n) is 3.67. The van der Waals surface area contributed by atoms with Crippen molar-refractivity contribution in [3.63, 3.8) is 0 Å². The Bertz CT molecular complexity index is 245. The van der Waals surface area contributed by atoms with Crippen molar-refractivity contribution in [3.05, 3.63) is 16.6 Å². The van der Waals surface area contributed by atoms with Crippen LogP contribution >= 0.6 is 34.5 Å². The van der Waals surface area contributed by atoms with Gasteiger partial charge in [0.1, 0.15) is 0 Å². The number of rotatable bonds is 6. The molecule has 0 aliphatic carbocycles. The third kappa shape index (κ3) is 3.11. The number of hydrogen-bond donors (Lipinski definition) is 0. The van der Waals surface area contributed by atoms with Gasteiger partial charge in [-0.25, -0.2) is 4.98 Å². The highest BCUT2D eigenvalue weighted by Gasteiger charge is 2.28. The van der Waals surface area contributed by atoms with E-state index >= 15 is 0 Å². The molecule has 0 amide bonds. The summed E-state index contributed by atoms with van der Waals surface area (Å²) < 4.78 is 0. The summed E-state index contributed by atoms with van der Waals surface area (Å²) in [4.78, 5) is 4.28. The molecule has 0 aliphatic heterocycles. The van der Waals surface area contributed by atoms with Crippen LogP contribution in [0.15, 0.2) is 10.9 Å². The van der Waals surface area contributed by atoms with Gasteiger partial charge in [-0.2, -0.15) is 0 Å². The number of nitrogens with zero attached hydrogens (tertiary/aromatic N) is 1. The molecule has 1 heterocycles. The van der Waals surface area contributed by atoms with Crippen molar-refractivity contribution in [2.45, 2.75) is 26.2 Å². The van der Waals surface area contributed by atoms with E-state index in [1.165, 1.54) is 0 Å². The average Bonchev–Trinajstić information content (AvgIpc) is 2.69. The Hall–Kier alpha value is 0.210. The van der Waals surface area contributed by atoms with E-state index in [0.717, 1.165) is 25.0 Å². The molecule has 0 saturated carbocycles. The minimum atomic E-state index is 0.0337. The fraction of sp³-hybridized carbons (Fsp3) is 0.700. The van der Waals surface area contributed by atoms with Gasteiger partial charge in [0.15, 0.2) is 0 Å². The molecule has 0 fully saturated rings. The number of hydrogen-bond acceptors (Lipinski definition) is 2. The molecule has 1 aromatic rings. The normalized spacial score (nSPS) is 11.9. The van der Waals surface area contributed by atoms with Gasteiger partial charge in [-0.05, 0) is 12.8 Å². The van der Waals surface area contributed by atoms with Crippen molar-refractivity contribution in [1.82, 2.24) is 4.98 Å². The van der Waals surface area contributed by atoms with E-state index < -0.39 is 0 Å². The van der Waals surface area contributed by atoms with E-state index in [1.54, 1.807) is 11.3 Å². The Morgan fingerprint density at radius 2 is 2.14 bits per heavy atom. The van der Waals surface area contributed by atoms with Gasteiger partial charge in [-0.3, -0.25) is 0 Å². The zero-order valence-corrected chi connectivity index (χ0v) is 10.6. The summed E-state index contributed by atoms with van der Waals surface area (Å²) in [6, 6.07) is 0. The Kier molecular flexibility index (Phi) is 5.21. The van der Waals surface area contributed by atoms with Crippen LogP contribution in [0.2, 0.25) is 0 Å². The largest absolute Gasteiger partial charge is 0.250 e. The molecule has 0 saturated heterocycles. The van der Waals surface area contributed by atoms with E-state index in [1.807, 2.05) is 5.51 Å². The summed E-state index contributed by atoms with van der Waals surface area (Å²) in [5.41, 5.74) is 3.00. The monoisotopic (exact) mass is 251 g/mol. The molecule has 0 aliphatic rings. The average molecular weight is 252 g/mol. The van der Waals surface area contributed by atoms with Crippen LogP contribution in [0.5, 0.6) is 0 Å². The van der Waals surface area contributed by atoms with Gasteiger partial charge < -0.3 is 0 Å². The van der Waals surface area contributed by atoms with E-state index in [-0.39, 0.29) is 5.41 Å². The van der Waals surface area contributed by atoms with Crippen LogP contribution in [0.1, 0.15) is 25.5 Å². The quantitative estimate of drug-likeness (QED) is 0.698. The summed E-state index contributed by atoms with van der Waals surface area (Å²) in [5.74, 6) is 1.23. The molecule has 0 spiro atoms. The molecule has 1 aromatic heterocycles. The maximum atomic E-state index is 6.01. The number of aromatic nitrogens is 1. The first-order valence-corrected chi connectivity index (χ1v) is 6.76. The van der Waals surface area contributed by atoms with E-state index in [9.17, 15) is 0 Å². The number of alkyl halides is 2. The first-order valence-electron chi connectivity index (χ1n) is 4.75. The Balaban J connectivity index is 2.67. The lowest BCUT2D eigenvalue weighted by Gasteiger charge is -2.28. The summed E-state index contributed by atoms with van der Waals surface area (Å²) in [6.45, 7) is 2.16. The molecule has 80 valence electrons. The van der Waals surface area contributed by atoms with Crippen molar-refractivity contribution in [1.29, 1.82) is 0 Å². The summed E-state index contributed by atoms with van der Waals surface area (Å²) in [6.07, 6.45) is 3.08. The second kappa shape index (κ2) is 5.94. The predicted molar refractivity (Wildman–Crippen MR) is 64.6 cm³/mol. The van der Waals surface area contributed by atoms with Crippen LogP contribution in [0, 0.1) is 5.41 Å². The predicted octanol–water partition coefficient (Wildman–Crippen LogP) is 3.95. The minimum absolute atomic E-state index is 0.0337. The van der Waals surface area contributed by atoms with Gasteiger partial charge in [0.05, 0.1) is 11.2 Å². The number of thiazole rings is 1. The molecule has 0 atom stereocenters. The molecular weight excluding hydrogens is 237 g/mol. The van der Waals surface area contributed by atoms with Gasteiger partial charge >= 0.3 is 0 Å². The lowest BCUT2D eigenvalue weighted by atomic mass is 9.83. The molecule has 0 N–H and O–H groups in total. The summed E-state index contributed by atoms with van der Waals surface area (Å²) in [7, 11) is 0. The standard InChI is InChI=1S/C10H15Cl2NS/c1-2-3-10(6-11,7-12)4-9-5-14-8-13-9/h5,8H,2-4,6-7H2,1H3. The zero-order chi connectivity index (χ0) is 10.4. The Morgan fingerprint density at radius 1 is 1.43 bits per heavy atom. The third-order valence-electron chi connectivity index (χ3n) is 2.39. The second-order valence-corrected chi connectivity index (χ2v) is 4.93. The maximum Gasteiger partial charge on any atom is 0.0794 e. The van der Waals surface area contributed by atoms with Crippen molar-refractivity contribution >= 4 is 34.5 Å². The first kappa shape index (κ1) is 12.3. The lowest BCUT2D eigenvalue weighted by Crippen LogP contribution is -2.28. The highest BCUT2D eigenvalue weighted by Crippen LogP contribution is 2.31. The topological polar surface area (TPSA) is 12.9 Å². The Labute approximate surface area is 99.5 Å². The molecule has 4 heteroatoms. The van der Waals surface area contributed by atoms with Crippen LogP contribution in [0.25, 0.3) is 0 Å². The van der Waals surface area contributed by atoms with Crippen molar-refractivity contribution in [3.8, 4) is 0 Å². The molecule has 0 unspecified atom stereocenters. The fourth-order valence-corrected chi connectivity index (χ4v) is 2.89.